The van der Waals surface area contributed by atoms with Gasteiger partial charge in [0.05, 0.1) is 18.8 Å². The van der Waals surface area contributed by atoms with E-state index in [-0.39, 0.29) is 6.61 Å². The summed E-state index contributed by atoms with van der Waals surface area (Å²) < 4.78 is 0. The summed E-state index contributed by atoms with van der Waals surface area (Å²) in [5, 5.41) is 9.39. The van der Waals surface area contributed by atoms with Crippen LogP contribution in [0.15, 0.2) is 30.5 Å². The van der Waals surface area contributed by atoms with Gasteiger partial charge in [-0.05, 0) is 32.0 Å². The lowest BCUT2D eigenvalue weighted by Crippen LogP contribution is -2.19. The van der Waals surface area contributed by atoms with Crippen LogP contribution in [0.3, 0.4) is 0 Å². The van der Waals surface area contributed by atoms with E-state index in [9.17, 15) is 5.11 Å². The lowest BCUT2D eigenvalue weighted by molar-refractivity contribution is 0.281. The summed E-state index contributed by atoms with van der Waals surface area (Å²) >= 11 is 0. The van der Waals surface area contributed by atoms with E-state index in [4.69, 9.17) is 0 Å². The molecule has 2 heterocycles. The molecule has 2 aromatic rings. The molecule has 0 spiro atoms. The number of pyridine rings is 2. The number of hydrogen-bond acceptors (Lipinski definition) is 4. The Bertz CT molecular complexity index is 569. The van der Waals surface area contributed by atoms with Crippen molar-refractivity contribution < 1.29 is 5.11 Å². The predicted octanol–water partition coefficient (Wildman–Crippen LogP) is 2.22. The molecular formula is C15H19N3O. The highest BCUT2D eigenvalue weighted by molar-refractivity contribution is 5.52. The first-order valence-corrected chi connectivity index (χ1v) is 6.30. The van der Waals surface area contributed by atoms with Crippen LogP contribution in [-0.4, -0.2) is 22.1 Å². The van der Waals surface area contributed by atoms with Crippen molar-refractivity contribution in [2.45, 2.75) is 27.0 Å². The highest BCUT2D eigenvalue weighted by Crippen LogP contribution is 2.21. The minimum absolute atomic E-state index is 0.00575. The molecule has 0 saturated heterocycles. The molecule has 0 fully saturated rings. The monoisotopic (exact) mass is 257 g/mol. The molecule has 0 amide bonds. The summed E-state index contributed by atoms with van der Waals surface area (Å²) in [6, 6.07) is 7.99. The van der Waals surface area contributed by atoms with Crippen molar-refractivity contribution >= 4 is 5.69 Å². The van der Waals surface area contributed by atoms with Crippen LogP contribution in [0.25, 0.3) is 0 Å². The number of aryl methyl sites for hydroxylation is 2. The van der Waals surface area contributed by atoms with Gasteiger partial charge in [-0.2, -0.15) is 0 Å². The molecule has 4 nitrogen and oxygen atoms in total. The number of aliphatic hydroxyl groups is 1. The second kappa shape index (κ2) is 5.80. The fraction of sp³-hybridized carbons (Fsp3) is 0.333. The summed E-state index contributed by atoms with van der Waals surface area (Å²) in [6.45, 7) is 4.63. The summed E-state index contributed by atoms with van der Waals surface area (Å²) in [5.74, 6) is 0. The Hall–Kier alpha value is -1.94. The molecule has 1 N–H and O–H groups in total. The van der Waals surface area contributed by atoms with Gasteiger partial charge in [-0.25, -0.2) is 0 Å². The van der Waals surface area contributed by atoms with E-state index in [1.807, 2.05) is 45.2 Å². The topological polar surface area (TPSA) is 49.2 Å². The zero-order valence-corrected chi connectivity index (χ0v) is 11.6. The molecule has 0 aliphatic carbocycles. The number of aliphatic hydroxyl groups excluding tert-OH is 1. The average molecular weight is 257 g/mol. The molecule has 100 valence electrons. The molecule has 0 saturated carbocycles. The van der Waals surface area contributed by atoms with E-state index in [0.717, 1.165) is 28.3 Å². The standard InChI is InChI=1S/C15H19N3O/c1-11-5-4-6-14(17-11)9-18(3)15-7-12(2)16-8-13(15)10-19/h4-8,19H,9-10H2,1-3H3. The van der Waals surface area contributed by atoms with Crippen LogP contribution in [0, 0.1) is 13.8 Å². The van der Waals surface area contributed by atoms with Crippen LogP contribution < -0.4 is 4.90 Å². The van der Waals surface area contributed by atoms with Crippen molar-refractivity contribution in [3.63, 3.8) is 0 Å². The Labute approximate surface area is 113 Å². The van der Waals surface area contributed by atoms with Gasteiger partial charge in [-0.3, -0.25) is 9.97 Å². The number of rotatable bonds is 4. The highest BCUT2D eigenvalue weighted by Gasteiger charge is 2.09. The highest BCUT2D eigenvalue weighted by atomic mass is 16.3. The van der Waals surface area contributed by atoms with Gasteiger partial charge in [0, 0.05) is 35.9 Å². The Morgan fingerprint density at radius 1 is 1.21 bits per heavy atom. The third kappa shape index (κ3) is 3.29. The van der Waals surface area contributed by atoms with E-state index < -0.39 is 0 Å². The first-order valence-electron chi connectivity index (χ1n) is 6.30. The summed E-state index contributed by atoms with van der Waals surface area (Å²) in [7, 11) is 2.00. The molecule has 0 aliphatic heterocycles. The summed E-state index contributed by atoms with van der Waals surface area (Å²) in [4.78, 5) is 10.8. The van der Waals surface area contributed by atoms with Gasteiger partial charge in [0.2, 0.25) is 0 Å². The minimum atomic E-state index is -0.00575. The van der Waals surface area contributed by atoms with E-state index in [2.05, 4.69) is 14.9 Å². The lowest BCUT2D eigenvalue weighted by atomic mass is 10.2. The largest absolute Gasteiger partial charge is 0.392 e. The van der Waals surface area contributed by atoms with E-state index >= 15 is 0 Å². The normalized spacial score (nSPS) is 10.5. The van der Waals surface area contributed by atoms with Crippen LogP contribution in [0.1, 0.15) is 22.6 Å². The SMILES string of the molecule is Cc1cc(N(C)Cc2cccc(C)n2)c(CO)cn1. The maximum absolute atomic E-state index is 9.39. The van der Waals surface area contributed by atoms with Crippen LogP contribution >= 0.6 is 0 Å². The third-order valence-electron chi connectivity index (χ3n) is 3.03. The van der Waals surface area contributed by atoms with Crippen molar-refractivity contribution in [2.75, 3.05) is 11.9 Å². The molecule has 2 aromatic heterocycles. The van der Waals surface area contributed by atoms with Gasteiger partial charge < -0.3 is 10.0 Å². The smallest absolute Gasteiger partial charge is 0.0717 e. The van der Waals surface area contributed by atoms with Crippen molar-refractivity contribution in [3.05, 3.63) is 53.1 Å². The van der Waals surface area contributed by atoms with Crippen molar-refractivity contribution in [1.82, 2.24) is 9.97 Å². The Kier molecular flexibility index (Phi) is 4.12. The third-order valence-corrected chi connectivity index (χ3v) is 3.03. The molecule has 19 heavy (non-hydrogen) atoms. The molecule has 0 radical (unpaired) electrons. The minimum Gasteiger partial charge on any atom is -0.392 e. The van der Waals surface area contributed by atoms with Gasteiger partial charge in [0.25, 0.3) is 0 Å². The molecular weight excluding hydrogens is 238 g/mol. The number of aromatic nitrogens is 2. The van der Waals surface area contributed by atoms with Gasteiger partial charge in [-0.15, -0.1) is 0 Å². The van der Waals surface area contributed by atoms with Gasteiger partial charge in [-0.1, -0.05) is 6.07 Å². The van der Waals surface area contributed by atoms with Gasteiger partial charge in [0.1, 0.15) is 0 Å². The van der Waals surface area contributed by atoms with E-state index in [1.54, 1.807) is 6.20 Å². The van der Waals surface area contributed by atoms with E-state index in [0.29, 0.717) is 6.54 Å². The fourth-order valence-electron chi connectivity index (χ4n) is 2.07. The number of anilines is 1. The summed E-state index contributed by atoms with van der Waals surface area (Å²) in [5.41, 5.74) is 4.80. The van der Waals surface area contributed by atoms with Crippen LogP contribution in [0.5, 0.6) is 0 Å². The average Bonchev–Trinajstić information content (AvgIpc) is 2.38. The quantitative estimate of drug-likeness (QED) is 0.912. The second-order valence-corrected chi connectivity index (χ2v) is 4.74. The van der Waals surface area contributed by atoms with Crippen LogP contribution in [0.4, 0.5) is 5.69 Å². The van der Waals surface area contributed by atoms with Crippen molar-refractivity contribution in [2.24, 2.45) is 0 Å². The van der Waals surface area contributed by atoms with Crippen LogP contribution in [0.2, 0.25) is 0 Å². The van der Waals surface area contributed by atoms with Gasteiger partial charge in [0.15, 0.2) is 0 Å². The Morgan fingerprint density at radius 3 is 2.68 bits per heavy atom. The molecule has 0 unspecified atom stereocenters. The molecule has 0 atom stereocenters. The maximum atomic E-state index is 9.39. The molecule has 0 bridgehead atoms. The summed E-state index contributed by atoms with van der Waals surface area (Å²) in [6.07, 6.45) is 1.73. The number of hydrogen-bond donors (Lipinski definition) is 1. The van der Waals surface area contributed by atoms with Crippen molar-refractivity contribution in [3.8, 4) is 0 Å². The maximum Gasteiger partial charge on any atom is 0.0717 e. The molecule has 0 aromatic carbocycles. The first kappa shape index (κ1) is 13.5. The van der Waals surface area contributed by atoms with Gasteiger partial charge >= 0.3 is 0 Å². The predicted molar refractivity (Wildman–Crippen MR) is 76.0 cm³/mol. The lowest BCUT2D eigenvalue weighted by Gasteiger charge is -2.22. The fourth-order valence-corrected chi connectivity index (χ4v) is 2.07. The zero-order chi connectivity index (χ0) is 13.8. The Balaban J connectivity index is 2.24. The van der Waals surface area contributed by atoms with Crippen LogP contribution in [-0.2, 0) is 13.2 Å². The first-order chi connectivity index (χ1) is 9.10. The van der Waals surface area contributed by atoms with Crippen molar-refractivity contribution in [1.29, 1.82) is 0 Å². The zero-order valence-electron chi connectivity index (χ0n) is 11.6. The second-order valence-electron chi connectivity index (χ2n) is 4.74. The number of nitrogens with zero attached hydrogens (tertiary/aromatic N) is 3. The Morgan fingerprint density at radius 2 is 2.00 bits per heavy atom. The molecule has 2 rings (SSSR count). The molecule has 4 heteroatoms. The molecule has 0 aliphatic rings. The van der Waals surface area contributed by atoms with E-state index in [1.165, 1.54) is 0 Å².